The van der Waals surface area contributed by atoms with E-state index in [4.69, 9.17) is 4.74 Å². The van der Waals surface area contributed by atoms with Gasteiger partial charge in [0.1, 0.15) is 6.61 Å². The van der Waals surface area contributed by atoms with Crippen LogP contribution in [0.2, 0.25) is 0 Å². The van der Waals surface area contributed by atoms with Crippen LogP contribution in [0.4, 0.5) is 0 Å². The molecular weight excluding hydrogens is 188 g/mol. The van der Waals surface area contributed by atoms with E-state index >= 15 is 0 Å². The molecule has 0 amide bonds. The van der Waals surface area contributed by atoms with Crippen molar-refractivity contribution in [2.24, 2.45) is 0 Å². The van der Waals surface area contributed by atoms with E-state index in [1.54, 1.807) is 12.1 Å². The zero-order chi connectivity index (χ0) is 10.6. The van der Waals surface area contributed by atoms with Gasteiger partial charge in [0, 0.05) is 5.56 Å². The van der Waals surface area contributed by atoms with Crippen LogP contribution in [0.1, 0.15) is 42.8 Å². The van der Waals surface area contributed by atoms with E-state index in [-0.39, 0.29) is 13.4 Å². The third kappa shape index (κ3) is 2.69. The molecule has 0 N–H and O–H groups in total. The molecule has 15 heavy (non-hydrogen) atoms. The molecule has 0 fully saturated rings. The second-order valence-corrected chi connectivity index (χ2v) is 2.70. The fourth-order valence-electron chi connectivity index (χ4n) is 1.28. The Kier molecular flexibility index (Phi) is 5.39. The second-order valence-electron chi connectivity index (χ2n) is 2.70. The van der Waals surface area contributed by atoms with E-state index in [1.165, 1.54) is 0 Å². The summed E-state index contributed by atoms with van der Waals surface area (Å²) in [6.45, 7) is 8.05. The molecule has 0 saturated heterocycles. The lowest BCUT2D eigenvalue weighted by atomic mass is 10.1. The number of carbonyl (C=O) groups excluding carboxylic acids is 1. The number of ether oxygens (including phenoxy) is 1. The minimum Gasteiger partial charge on any atom is -0.457 e. The molecule has 0 radical (unpaired) electrons. The van der Waals surface area contributed by atoms with Crippen LogP contribution in [-0.4, -0.2) is 5.97 Å². The summed E-state index contributed by atoms with van der Waals surface area (Å²) in [5.41, 5.74) is 2.66. The van der Waals surface area contributed by atoms with Crippen molar-refractivity contribution in [2.75, 3.05) is 0 Å². The Morgan fingerprint density at radius 1 is 1.40 bits per heavy atom. The van der Waals surface area contributed by atoms with Crippen molar-refractivity contribution in [3.8, 4) is 0 Å². The molecule has 1 aromatic rings. The number of hydrogen-bond acceptors (Lipinski definition) is 2. The van der Waals surface area contributed by atoms with E-state index in [2.05, 4.69) is 6.58 Å². The van der Waals surface area contributed by atoms with Gasteiger partial charge in [-0.15, -0.1) is 0 Å². The van der Waals surface area contributed by atoms with Crippen molar-refractivity contribution in [3.05, 3.63) is 41.5 Å². The maximum atomic E-state index is 11.0. The molecular formula is C13H18O2. The monoisotopic (exact) mass is 206 g/mol. The minimum atomic E-state index is -0.222. The summed E-state index contributed by atoms with van der Waals surface area (Å²) in [6, 6.07) is 5.56. The number of fused-ring (bicyclic) bond motifs is 1. The standard InChI is InChI=1S/C10H8O2.C2H6.CH4/c1-2-7-3-4-9-8(5-7)6-12-10(9)11;1-2;/h2-5H,1,6H2;1-2H3;1H4. The fraction of sp³-hybridized carbons (Fsp3) is 0.308. The number of rotatable bonds is 1. The molecule has 0 aliphatic carbocycles. The van der Waals surface area contributed by atoms with Gasteiger partial charge in [-0.05, 0) is 17.7 Å². The molecule has 2 rings (SSSR count). The van der Waals surface area contributed by atoms with E-state index in [9.17, 15) is 4.79 Å². The van der Waals surface area contributed by atoms with E-state index in [0.717, 1.165) is 11.1 Å². The second kappa shape index (κ2) is 6.02. The van der Waals surface area contributed by atoms with Crippen LogP contribution < -0.4 is 0 Å². The third-order valence-electron chi connectivity index (χ3n) is 1.94. The average molecular weight is 206 g/mol. The number of esters is 1. The van der Waals surface area contributed by atoms with Crippen LogP contribution >= 0.6 is 0 Å². The molecule has 2 heteroatoms. The van der Waals surface area contributed by atoms with Crippen molar-refractivity contribution < 1.29 is 9.53 Å². The molecule has 0 aromatic heterocycles. The van der Waals surface area contributed by atoms with Gasteiger partial charge in [0.05, 0.1) is 5.56 Å². The molecule has 0 atom stereocenters. The van der Waals surface area contributed by atoms with E-state index in [0.29, 0.717) is 12.2 Å². The molecule has 2 nitrogen and oxygen atoms in total. The normalized spacial score (nSPS) is 11.5. The van der Waals surface area contributed by atoms with Gasteiger partial charge in [-0.1, -0.05) is 40.0 Å². The Balaban J connectivity index is 0.000000617. The Morgan fingerprint density at radius 2 is 2.07 bits per heavy atom. The maximum absolute atomic E-state index is 11.0. The highest BCUT2D eigenvalue weighted by Crippen LogP contribution is 2.21. The minimum absolute atomic E-state index is 0. The van der Waals surface area contributed by atoms with Crippen LogP contribution in [0.15, 0.2) is 24.8 Å². The summed E-state index contributed by atoms with van der Waals surface area (Å²) in [5, 5.41) is 0. The summed E-state index contributed by atoms with van der Waals surface area (Å²) in [5.74, 6) is -0.222. The summed E-state index contributed by atoms with van der Waals surface area (Å²) in [4.78, 5) is 11.0. The van der Waals surface area contributed by atoms with Gasteiger partial charge in [0.15, 0.2) is 0 Å². The largest absolute Gasteiger partial charge is 0.457 e. The number of cyclic esters (lactones) is 1. The summed E-state index contributed by atoms with van der Waals surface area (Å²) in [7, 11) is 0. The lowest BCUT2D eigenvalue weighted by Crippen LogP contribution is -1.92. The van der Waals surface area contributed by atoms with Crippen LogP contribution in [0.5, 0.6) is 0 Å². The highest BCUT2D eigenvalue weighted by atomic mass is 16.5. The molecule has 0 spiro atoms. The summed E-state index contributed by atoms with van der Waals surface area (Å²) in [6.07, 6.45) is 1.75. The number of carbonyl (C=O) groups is 1. The fourth-order valence-corrected chi connectivity index (χ4v) is 1.28. The van der Waals surface area contributed by atoms with Crippen molar-refractivity contribution in [1.29, 1.82) is 0 Å². The topological polar surface area (TPSA) is 26.3 Å². The zero-order valence-corrected chi connectivity index (χ0v) is 8.54. The van der Waals surface area contributed by atoms with Gasteiger partial charge in [-0.25, -0.2) is 4.79 Å². The first-order valence-corrected chi connectivity index (χ1v) is 4.74. The maximum Gasteiger partial charge on any atom is 0.338 e. The van der Waals surface area contributed by atoms with E-state index in [1.807, 2.05) is 26.0 Å². The van der Waals surface area contributed by atoms with Gasteiger partial charge in [-0.2, -0.15) is 0 Å². The van der Waals surface area contributed by atoms with Gasteiger partial charge in [-0.3, -0.25) is 0 Å². The highest BCUT2D eigenvalue weighted by molar-refractivity contribution is 5.93. The lowest BCUT2D eigenvalue weighted by molar-refractivity contribution is 0.0535. The van der Waals surface area contributed by atoms with Crippen LogP contribution in [0.25, 0.3) is 6.08 Å². The van der Waals surface area contributed by atoms with Crippen LogP contribution in [-0.2, 0) is 11.3 Å². The molecule has 1 aliphatic heterocycles. The van der Waals surface area contributed by atoms with Gasteiger partial charge < -0.3 is 4.74 Å². The molecule has 82 valence electrons. The molecule has 0 bridgehead atoms. The highest BCUT2D eigenvalue weighted by Gasteiger charge is 2.20. The molecule has 1 aromatic carbocycles. The first kappa shape index (κ1) is 13.4. The van der Waals surface area contributed by atoms with Crippen molar-refractivity contribution in [2.45, 2.75) is 27.9 Å². The Hall–Kier alpha value is -1.57. The SMILES string of the molecule is C.C=Cc1ccc2c(c1)COC2=O.CC. The third-order valence-corrected chi connectivity index (χ3v) is 1.94. The number of benzene rings is 1. The van der Waals surface area contributed by atoms with E-state index < -0.39 is 0 Å². The van der Waals surface area contributed by atoms with Gasteiger partial charge in [0.2, 0.25) is 0 Å². The van der Waals surface area contributed by atoms with Crippen molar-refractivity contribution in [3.63, 3.8) is 0 Å². The molecule has 0 unspecified atom stereocenters. The summed E-state index contributed by atoms with van der Waals surface area (Å²) < 4.78 is 4.85. The molecule has 1 aliphatic rings. The number of hydrogen-bond donors (Lipinski definition) is 0. The molecule has 1 heterocycles. The quantitative estimate of drug-likeness (QED) is 0.655. The first-order valence-electron chi connectivity index (χ1n) is 4.74. The Morgan fingerprint density at radius 3 is 2.67 bits per heavy atom. The van der Waals surface area contributed by atoms with Gasteiger partial charge >= 0.3 is 5.97 Å². The van der Waals surface area contributed by atoms with Gasteiger partial charge in [0.25, 0.3) is 0 Å². The van der Waals surface area contributed by atoms with Crippen molar-refractivity contribution >= 4 is 12.0 Å². The predicted octanol–water partition coefficient (Wildman–Crippen LogP) is 3.66. The Bertz CT molecular complexity index is 354. The Labute approximate surface area is 91.6 Å². The average Bonchev–Trinajstić information content (AvgIpc) is 2.63. The molecule has 0 saturated carbocycles. The van der Waals surface area contributed by atoms with Crippen LogP contribution in [0.3, 0.4) is 0 Å². The lowest BCUT2D eigenvalue weighted by Gasteiger charge is -1.95. The van der Waals surface area contributed by atoms with Crippen molar-refractivity contribution in [1.82, 2.24) is 0 Å². The first-order chi connectivity index (χ1) is 6.81. The van der Waals surface area contributed by atoms with Crippen LogP contribution in [0, 0.1) is 0 Å². The summed E-state index contributed by atoms with van der Waals surface area (Å²) >= 11 is 0. The smallest absolute Gasteiger partial charge is 0.338 e. The predicted molar refractivity (Wildman–Crippen MR) is 63.7 cm³/mol. The zero-order valence-electron chi connectivity index (χ0n) is 8.54.